The number of carboxylic acids is 1. The largest absolute Gasteiger partial charge is 0.478 e. The van der Waals surface area contributed by atoms with E-state index in [4.69, 9.17) is 14.9 Å². The minimum atomic E-state index is -1.49. The fourth-order valence-corrected chi connectivity index (χ4v) is 2.13. The summed E-state index contributed by atoms with van der Waals surface area (Å²) in [6.07, 6.45) is -6.48. The van der Waals surface area contributed by atoms with Crippen molar-refractivity contribution >= 4 is 11.7 Å². The van der Waals surface area contributed by atoms with Gasteiger partial charge in [0.05, 0.1) is 12.2 Å². The molecular weight excluding hydrogens is 282 g/mol. The molecule has 5 atom stereocenters. The van der Waals surface area contributed by atoms with Gasteiger partial charge >= 0.3 is 5.97 Å². The second-order valence-electron chi connectivity index (χ2n) is 4.78. The van der Waals surface area contributed by atoms with E-state index in [0.29, 0.717) is 5.69 Å². The van der Waals surface area contributed by atoms with Gasteiger partial charge in [-0.05, 0) is 18.2 Å². The smallest absolute Gasteiger partial charge is 0.335 e. The van der Waals surface area contributed by atoms with Crippen LogP contribution in [0, 0.1) is 0 Å². The van der Waals surface area contributed by atoms with E-state index in [-0.39, 0.29) is 5.56 Å². The molecule has 1 aromatic carbocycles. The maximum absolute atomic E-state index is 10.9. The van der Waals surface area contributed by atoms with Crippen LogP contribution in [0.15, 0.2) is 24.3 Å². The molecule has 1 aliphatic heterocycles. The summed E-state index contributed by atoms with van der Waals surface area (Å²) in [5.74, 6) is -1.10. The van der Waals surface area contributed by atoms with Gasteiger partial charge in [0.2, 0.25) is 0 Å². The zero-order chi connectivity index (χ0) is 15.6. The minimum absolute atomic E-state index is 0.0459. The zero-order valence-electron chi connectivity index (χ0n) is 11.0. The number of anilines is 1. The van der Waals surface area contributed by atoms with Crippen molar-refractivity contribution in [3.63, 3.8) is 0 Å². The van der Waals surface area contributed by atoms with E-state index in [2.05, 4.69) is 5.32 Å². The summed E-state index contributed by atoms with van der Waals surface area (Å²) >= 11 is 0. The molecule has 8 heteroatoms. The average molecular weight is 299 g/mol. The Morgan fingerprint density at radius 2 is 1.90 bits per heavy atom. The van der Waals surface area contributed by atoms with Gasteiger partial charge in [-0.25, -0.2) is 4.79 Å². The first-order chi connectivity index (χ1) is 9.93. The maximum Gasteiger partial charge on any atom is 0.335 e. The number of rotatable bonds is 4. The molecule has 0 unspecified atom stereocenters. The van der Waals surface area contributed by atoms with Gasteiger partial charge in [-0.1, -0.05) is 6.07 Å². The molecule has 116 valence electrons. The highest BCUT2D eigenvalue weighted by molar-refractivity contribution is 5.88. The number of benzene rings is 1. The van der Waals surface area contributed by atoms with Crippen molar-refractivity contribution in [2.24, 2.45) is 0 Å². The number of aliphatic hydroxyl groups excluding tert-OH is 4. The number of nitrogens with one attached hydrogen (secondary N) is 1. The molecule has 2 rings (SSSR count). The lowest BCUT2D eigenvalue weighted by Gasteiger charge is -2.40. The summed E-state index contributed by atoms with van der Waals surface area (Å²) in [5.41, 5.74) is 0.406. The molecule has 1 heterocycles. The molecule has 0 bridgehead atoms. The third-order valence-corrected chi connectivity index (χ3v) is 3.31. The van der Waals surface area contributed by atoms with E-state index in [0.717, 1.165) is 0 Å². The summed E-state index contributed by atoms with van der Waals surface area (Å²) in [6.45, 7) is -0.529. The molecule has 0 radical (unpaired) electrons. The van der Waals surface area contributed by atoms with Crippen LogP contribution in [0.4, 0.5) is 5.69 Å². The maximum atomic E-state index is 10.9. The van der Waals surface area contributed by atoms with Crippen LogP contribution >= 0.6 is 0 Å². The van der Waals surface area contributed by atoms with Crippen LogP contribution in [-0.2, 0) is 4.74 Å². The second kappa shape index (κ2) is 6.37. The molecule has 1 saturated heterocycles. The highest BCUT2D eigenvalue weighted by Crippen LogP contribution is 2.23. The van der Waals surface area contributed by atoms with E-state index < -0.39 is 43.2 Å². The highest BCUT2D eigenvalue weighted by atomic mass is 16.6. The summed E-state index contributed by atoms with van der Waals surface area (Å²) < 4.78 is 5.27. The number of carbonyl (C=O) groups is 1. The lowest BCUT2D eigenvalue weighted by Crippen LogP contribution is -2.60. The third kappa shape index (κ3) is 3.31. The molecule has 6 N–H and O–H groups in total. The fraction of sp³-hybridized carbons (Fsp3) is 0.462. The molecule has 0 amide bonds. The second-order valence-corrected chi connectivity index (χ2v) is 4.78. The molecule has 0 aromatic heterocycles. The molecule has 0 aliphatic carbocycles. The summed E-state index contributed by atoms with van der Waals surface area (Å²) in [4.78, 5) is 10.9. The average Bonchev–Trinajstić information content (AvgIpc) is 2.48. The zero-order valence-corrected chi connectivity index (χ0v) is 11.0. The SMILES string of the molecule is O=C(O)c1cccc(N[C@H]2O[C@H](CO)[C@@H](O)[C@@H](O)[C@H]2O)c1. The predicted octanol–water partition coefficient (Wildman–Crippen LogP) is -1.40. The van der Waals surface area contributed by atoms with Crippen molar-refractivity contribution in [3.05, 3.63) is 29.8 Å². The number of hydrogen-bond donors (Lipinski definition) is 6. The quantitative estimate of drug-likeness (QED) is 0.399. The molecule has 0 saturated carbocycles. The Balaban J connectivity index is 2.14. The topological polar surface area (TPSA) is 139 Å². The van der Waals surface area contributed by atoms with Crippen LogP contribution in [0.25, 0.3) is 0 Å². The van der Waals surface area contributed by atoms with Gasteiger partial charge in [0.25, 0.3) is 0 Å². The van der Waals surface area contributed by atoms with E-state index in [9.17, 15) is 20.1 Å². The number of aromatic carboxylic acids is 1. The first kappa shape index (κ1) is 15.7. The van der Waals surface area contributed by atoms with Gasteiger partial charge in [0, 0.05) is 5.69 Å². The fourth-order valence-electron chi connectivity index (χ4n) is 2.13. The number of carboxylic acid groups (broad SMARTS) is 1. The van der Waals surface area contributed by atoms with Gasteiger partial charge in [-0.3, -0.25) is 0 Å². The van der Waals surface area contributed by atoms with Crippen molar-refractivity contribution in [1.29, 1.82) is 0 Å². The van der Waals surface area contributed by atoms with Crippen LogP contribution in [-0.4, -0.2) is 68.8 Å². The Morgan fingerprint density at radius 1 is 1.19 bits per heavy atom. The Kier molecular flexibility index (Phi) is 4.76. The predicted molar refractivity (Wildman–Crippen MR) is 70.8 cm³/mol. The molecular formula is C13H17NO7. The van der Waals surface area contributed by atoms with Crippen molar-refractivity contribution < 1.29 is 35.1 Å². The molecule has 1 aliphatic rings. The summed E-state index contributed by atoms with van der Waals surface area (Å²) in [5, 5.41) is 49.9. The Hall–Kier alpha value is -1.71. The Morgan fingerprint density at radius 3 is 2.52 bits per heavy atom. The van der Waals surface area contributed by atoms with Gasteiger partial charge in [-0.15, -0.1) is 0 Å². The van der Waals surface area contributed by atoms with Crippen LogP contribution in [0.1, 0.15) is 10.4 Å². The van der Waals surface area contributed by atoms with Crippen LogP contribution in [0.3, 0.4) is 0 Å². The van der Waals surface area contributed by atoms with Gasteiger partial charge in [0.1, 0.15) is 24.4 Å². The Bertz CT molecular complexity index is 507. The minimum Gasteiger partial charge on any atom is -0.478 e. The van der Waals surface area contributed by atoms with Gasteiger partial charge in [0.15, 0.2) is 6.23 Å². The van der Waals surface area contributed by atoms with Crippen LogP contribution in [0.2, 0.25) is 0 Å². The van der Waals surface area contributed by atoms with E-state index in [1.807, 2.05) is 0 Å². The Labute approximate surface area is 120 Å². The standard InChI is InChI=1S/C13H17NO7/c15-5-8-9(16)10(17)11(18)12(21-8)14-7-3-1-2-6(4-7)13(19)20/h1-4,8-12,14-18H,5H2,(H,19,20)/t8-,9-,10-,11-,12+/m1/s1. The first-order valence-electron chi connectivity index (χ1n) is 6.34. The van der Waals surface area contributed by atoms with E-state index in [1.54, 1.807) is 6.07 Å². The van der Waals surface area contributed by atoms with Gasteiger partial charge < -0.3 is 35.6 Å². The molecule has 8 nitrogen and oxygen atoms in total. The van der Waals surface area contributed by atoms with Gasteiger partial charge in [-0.2, -0.15) is 0 Å². The lowest BCUT2D eigenvalue weighted by atomic mass is 9.98. The number of aliphatic hydroxyl groups is 4. The lowest BCUT2D eigenvalue weighted by molar-refractivity contribution is -0.221. The first-order valence-corrected chi connectivity index (χ1v) is 6.34. The summed E-state index contributed by atoms with van der Waals surface area (Å²) in [6, 6.07) is 5.81. The van der Waals surface area contributed by atoms with Crippen molar-refractivity contribution in [2.75, 3.05) is 11.9 Å². The molecule has 0 spiro atoms. The number of hydrogen-bond acceptors (Lipinski definition) is 7. The van der Waals surface area contributed by atoms with Crippen molar-refractivity contribution in [1.82, 2.24) is 0 Å². The summed E-state index contributed by atoms with van der Waals surface area (Å²) in [7, 11) is 0. The normalized spacial score (nSPS) is 32.7. The monoisotopic (exact) mass is 299 g/mol. The van der Waals surface area contributed by atoms with E-state index >= 15 is 0 Å². The van der Waals surface area contributed by atoms with Crippen LogP contribution in [0.5, 0.6) is 0 Å². The highest BCUT2D eigenvalue weighted by Gasteiger charge is 2.43. The molecule has 21 heavy (non-hydrogen) atoms. The third-order valence-electron chi connectivity index (χ3n) is 3.31. The van der Waals surface area contributed by atoms with Crippen LogP contribution < -0.4 is 5.32 Å². The number of ether oxygens (including phenoxy) is 1. The van der Waals surface area contributed by atoms with Crippen molar-refractivity contribution in [2.45, 2.75) is 30.6 Å². The molecule has 1 fully saturated rings. The van der Waals surface area contributed by atoms with Crippen molar-refractivity contribution in [3.8, 4) is 0 Å². The van der Waals surface area contributed by atoms with E-state index in [1.165, 1.54) is 18.2 Å². The molecule has 1 aromatic rings.